The highest BCUT2D eigenvalue weighted by molar-refractivity contribution is 5.82. The van der Waals surface area contributed by atoms with Crippen LogP contribution in [0.4, 0.5) is 18.9 Å². The molecule has 3 rings (SSSR count). The number of nitrogens with zero attached hydrogens (tertiary/aromatic N) is 3. The SMILES string of the molecule is C/C(N)=C(/C=Nc1ccc(OC(F)(F)F)cc1)C1CCN(CCN2CCOCC2)CC1. The Morgan fingerprint density at radius 3 is 2.23 bits per heavy atom. The Bertz CT molecular complexity index is 747. The molecule has 0 saturated carbocycles. The molecule has 0 bridgehead atoms. The number of alkyl halides is 3. The number of rotatable bonds is 7. The van der Waals surface area contributed by atoms with Gasteiger partial charge >= 0.3 is 6.36 Å². The van der Waals surface area contributed by atoms with Gasteiger partial charge in [-0.3, -0.25) is 9.89 Å². The molecule has 1 aromatic carbocycles. The lowest BCUT2D eigenvalue weighted by atomic mass is 9.88. The van der Waals surface area contributed by atoms with E-state index in [0.717, 1.165) is 76.6 Å². The summed E-state index contributed by atoms with van der Waals surface area (Å²) < 4.78 is 46.1. The quantitative estimate of drug-likeness (QED) is 0.657. The zero-order valence-electron chi connectivity index (χ0n) is 17.9. The molecule has 2 saturated heterocycles. The molecule has 0 amide bonds. The van der Waals surface area contributed by atoms with E-state index in [-0.39, 0.29) is 5.75 Å². The first-order valence-corrected chi connectivity index (χ1v) is 10.7. The summed E-state index contributed by atoms with van der Waals surface area (Å²) in [6.07, 6.45) is -0.924. The normalized spacial score (nSPS) is 20.8. The first kappa shape index (κ1) is 23.6. The molecule has 31 heavy (non-hydrogen) atoms. The van der Waals surface area contributed by atoms with Gasteiger partial charge in [-0.15, -0.1) is 13.2 Å². The van der Waals surface area contributed by atoms with E-state index in [9.17, 15) is 13.2 Å². The number of hydrogen-bond acceptors (Lipinski definition) is 6. The molecule has 1 aromatic rings. The van der Waals surface area contributed by atoms with Crippen LogP contribution in [0.2, 0.25) is 0 Å². The molecule has 0 radical (unpaired) electrons. The summed E-state index contributed by atoms with van der Waals surface area (Å²) in [5, 5.41) is 0. The molecular weight excluding hydrogens is 409 g/mol. The van der Waals surface area contributed by atoms with E-state index in [4.69, 9.17) is 10.5 Å². The Labute approximate surface area is 181 Å². The second-order valence-corrected chi connectivity index (χ2v) is 8.01. The molecule has 2 heterocycles. The van der Waals surface area contributed by atoms with Crippen molar-refractivity contribution in [3.63, 3.8) is 0 Å². The van der Waals surface area contributed by atoms with Gasteiger partial charge in [0.2, 0.25) is 0 Å². The zero-order valence-corrected chi connectivity index (χ0v) is 17.9. The molecule has 0 unspecified atom stereocenters. The van der Waals surface area contributed by atoms with E-state index in [2.05, 4.69) is 19.5 Å². The van der Waals surface area contributed by atoms with Crippen molar-refractivity contribution in [3.05, 3.63) is 35.5 Å². The minimum absolute atomic E-state index is 0.262. The summed E-state index contributed by atoms with van der Waals surface area (Å²) >= 11 is 0. The predicted molar refractivity (Wildman–Crippen MR) is 115 cm³/mol. The Hall–Kier alpha value is -2.10. The van der Waals surface area contributed by atoms with Gasteiger partial charge in [-0.2, -0.15) is 0 Å². The first-order valence-electron chi connectivity index (χ1n) is 10.7. The van der Waals surface area contributed by atoms with E-state index < -0.39 is 6.36 Å². The second kappa shape index (κ2) is 11.0. The molecule has 2 N–H and O–H groups in total. The van der Waals surface area contributed by atoms with Crippen LogP contribution < -0.4 is 10.5 Å². The van der Waals surface area contributed by atoms with Gasteiger partial charge in [0.25, 0.3) is 0 Å². The van der Waals surface area contributed by atoms with Crippen molar-refractivity contribution in [2.75, 3.05) is 52.5 Å². The van der Waals surface area contributed by atoms with Crippen molar-refractivity contribution in [2.24, 2.45) is 16.6 Å². The van der Waals surface area contributed by atoms with E-state index in [0.29, 0.717) is 11.6 Å². The topological polar surface area (TPSA) is 63.3 Å². The molecule has 9 heteroatoms. The fraction of sp³-hybridized carbons (Fsp3) is 0.591. The van der Waals surface area contributed by atoms with Gasteiger partial charge in [0.15, 0.2) is 0 Å². The third-order valence-corrected chi connectivity index (χ3v) is 5.74. The molecular formula is C22H31F3N4O2. The predicted octanol–water partition coefficient (Wildman–Crippen LogP) is 3.56. The average molecular weight is 441 g/mol. The number of nitrogens with two attached hydrogens (primary N) is 1. The number of piperidine rings is 1. The van der Waals surface area contributed by atoms with Crippen molar-refractivity contribution < 1.29 is 22.6 Å². The number of likely N-dealkylation sites (tertiary alicyclic amines) is 1. The summed E-state index contributed by atoms with van der Waals surface area (Å²) in [5.74, 6) is 0.0721. The minimum atomic E-state index is -4.70. The third kappa shape index (κ3) is 7.83. The van der Waals surface area contributed by atoms with Crippen LogP contribution in [0.25, 0.3) is 0 Å². The van der Waals surface area contributed by atoms with Crippen LogP contribution in [0.15, 0.2) is 40.5 Å². The number of aliphatic imine (C=N–C) groups is 1. The Kier molecular flexibility index (Phi) is 8.34. The number of allylic oxidation sites excluding steroid dienone is 2. The first-order chi connectivity index (χ1) is 14.8. The number of benzene rings is 1. The largest absolute Gasteiger partial charge is 0.573 e. The highest BCUT2D eigenvalue weighted by Gasteiger charge is 2.31. The molecule has 0 aliphatic carbocycles. The van der Waals surface area contributed by atoms with Crippen LogP contribution in [-0.4, -0.2) is 74.9 Å². The fourth-order valence-electron chi connectivity index (χ4n) is 3.98. The lowest BCUT2D eigenvalue weighted by Crippen LogP contribution is -2.43. The van der Waals surface area contributed by atoms with E-state index in [1.165, 1.54) is 24.3 Å². The van der Waals surface area contributed by atoms with Gasteiger partial charge < -0.3 is 20.1 Å². The van der Waals surface area contributed by atoms with Gasteiger partial charge in [0.05, 0.1) is 18.9 Å². The summed E-state index contributed by atoms with van der Waals surface area (Å²) in [6.45, 7) is 9.70. The van der Waals surface area contributed by atoms with Crippen LogP contribution in [0.5, 0.6) is 5.75 Å². The summed E-state index contributed by atoms with van der Waals surface area (Å²) in [6, 6.07) is 5.50. The maximum atomic E-state index is 12.3. The van der Waals surface area contributed by atoms with Crippen LogP contribution in [-0.2, 0) is 4.74 Å². The summed E-state index contributed by atoms with van der Waals surface area (Å²) in [4.78, 5) is 9.36. The van der Waals surface area contributed by atoms with Crippen molar-refractivity contribution >= 4 is 11.9 Å². The molecule has 0 aromatic heterocycles. The lowest BCUT2D eigenvalue weighted by Gasteiger charge is -2.35. The van der Waals surface area contributed by atoms with Crippen molar-refractivity contribution in [1.82, 2.24) is 9.80 Å². The van der Waals surface area contributed by atoms with Crippen molar-refractivity contribution in [1.29, 1.82) is 0 Å². The maximum absolute atomic E-state index is 12.3. The zero-order chi connectivity index (χ0) is 22.3. The highest BCUT2D eigenvalue weighted by atomic mass is 19.4. The second-order valence-electron chi connectivity index (χ2n) is 8.01. The monoisotopic (exact) mass is 440 g/mol. The Morgan fingerprint density at radius 1 is 1.10 bits per heavy atom. The third-order valence-electron chi connectivity index (χ3n) is 5.74. The molecule has 0 spiro atoms. The van der Waals surface area contributed by atoms with E-state index >= 15 is 0 Å². The van der Waals surface area contributed by atoms with Gasteiger partial charge in [-0.1, -0.05) is 0 Å². The maximum Gasteiger partial charge on any atom is 0.573 e. The number of halogens is 3. The standard InChI is InChI=1S/C22H31F3N4O2/c1-17(26)21(16-27-19-2-4-20(5-3-19)31-22(23,24)25)18-6-8-28(9-7-18)10-11-29-12-14-30-15-13-29/h2-5,16,18H,6-15,26H2,1H3/b21-17+,27-16?. The van der Waals surface area contributed by atoms with Gasteiger partial charge in [0, 0.05) is 38.1 Å². The van der Waals surface area contributed by atoms with Gasteiger partial charge in [0.1, 0.15) is 5.75 Å². The van der Waals surface area contributed by atoms with Crippen LogP contribution in [0.1, 0.15) is 19.8 Å². The van der Waals surface area contributed by atoms with Crippen molar-refractivity contribution in [2.45, 2.75) is 26.1 Å². The lowest BCUT2D eigenvalue weighted by molar-refractivity contribution is -0.274. The van der Waals surface area contributed by atoms with Crippen molar-refractivity contribution in [3.8, 4) is 5.75 Å². The van der Waals surface area contributed by atoms with Gasteiger partial charge in [-0.25, -0.2) is 0 Å². The van der Waals surface area contributed by atoms with E-state index in [1.807, 2.05) is 6.92 Å². The van der Waals surface area contributed by atoms with Crippen LogP contribution in [0.3, 0.4) is 0 Å². The smallest absolute Gasteiger partial charge is 0.406 e. The molecule has 2 fully saturated rings. The Morgan fingerprint density at radius 2 is 1.68 bits per heavy atom. The number of ether oxygens (including phenoxy) is 2. The van der Waals surface area contributed by atoms with Crippen LogP contribution >= 0.6 is 0 Å². The summed E-state index contributed by atoms with van der Waals surface area (Å²) in [7, 11) is 0. The fourth-order valence-corrected chi connectivity index (χ4v) is 3.98. The van der Waals surface area contributed by atoms with Crippen LogP contribution in [0, 0.1) is 5.92 Å². The summed E-state index contributed by atoms with van der Waals surface area (Å²) in [5.41, 5.74) is 8.41. The molecule has 0 atom stereocenters. The molecule has 2 aliphatic rings. The number of hydrogen-bond donors (Lipinski definition) is 1. The molecule has 6 nitrogen and oxygen atoms in total. The number of morpholine rings is 1. The molecule has 2 aliphatic heterocycles. The average Bonchev–Trinajstić information content (AvgIpc) is 2.74. The highest BCUT2D eigenvalue weighted by Crippen LogP contribution is 2.27. The van der Waals surface area contributed by atoms with E-state index in [1.54, 1.807) is 6.21 Å². The Balaban J connectivity index is 1.50. The minimum Gasteiger partial charge on any atom is -0.406 e. The van der Waals surface area contributed by atoms with Gasteiger partial charge in [-0.05, 0) is 68.6 Å². The molecule has 172 valence electrons.